The van der Waals surface area contributed by atoms with Crippen molar-refractivity contribution in [1.82, 2.24) is 31.5 Å². The minimum atomic E-state index is -1.37. The predicted molar refractivity (Wildman–Crippen MR) is 263 cm³/mol. The Bertz CT molecular complexity index is 1750. The number of nitrogens with one attached hydrogen (secondary N) is 5. The van der Waals surface area contributed by atoms with Crippen LogP contribution in [-0.4, -0.2) is 163 Å². The highest BCUT2D eigenvalue weighted by molar-refractivity contribution is 5.89. The maximum Gasteiger partial charge on any atom is 0.326 e. The number of amides is 6. The quantitative estimate of drug-likeness (QED) is 0.0402. The number of carbonyl (C=O) groups is 9. The summed E-state index contributed by atoms with van der Waals surface area (Å²) in [6.45, 7) is 14.8. The van der Waals surface area contributed by atoms with Crippen molar-refractivity contribution >= 4 is 53.4 Å². The van der Waals surface area contributed by atoms with Crippen LogP contribution in [0.1, 0.15) is 144 Å². The third-order valence-electron chi connectivity index (χ3n) is 13.2. The first-order chi connectivity index (χ1) is 33.9. The van der Waals surface area contributed by atoms with E-state index in [1.807, 2.05) is 41.5 Å². The molecule has 22 heteroatoms. The van der Waals surface area contributed by atoms with E-state index in [-0.39, 0.29) is 105 Å². The van der Waals surface area contributed by atoms with Crippen LogP contribution in [0.15, 0.2) is 0 Å². The molecule has 0 aromatic rings. The molecular weight excluding hydrogens is 941 g/mol. The van der Waals surface area contributed by atoms with Gasteiger partial charge in [0.15, 0.2) is 0 Å². The van der Waals surface area contributed by atoms with Crippen LogP contribution < -0.4 is 26.6 Å². The molecule has 1 saturated carbocycles. The normalized spacial score (nSPS) is 19.1. The van der Waals surface area contributed by atoms with Crippen molar-refractivity contribution in [2.45, 2.75) is 163 Å². The fourth-order valence-electron chi connectivity index (χ4n) is 8.67. The molecule has 1 aliphatic carbocycles. The van der Waals surface area contributed by atoms with E-state index in [2.05, 4.69) is 26.6 Å². The molecule has 2 rings (SSSR count). The van der Waals surface area contributed by atoms with Crippen molar-refractivity contribution in [3.63, 3.8) is 0 Å². The largest absolute Gasteiger partial charge is 0.481 e. The van der Waals surface area contributed by atoms with Gasteiger partial charge in [-0.15, -0.1) is 0 Å². The number of carboxylic acid groups (broad SMARTS) is 3. The summed E-state index contributed by atoms with van der Waals surface area (Å²) >= 11 is 0. The molecule has 412 valence electrons. The predicted octanol–water partition coefficient (Wildman–Crippen LogP) is 2.58. The van der Waals surface area contributed by atoms with Crippen molar-refractivity contribution in [1.29, 1.82) is 0 Å². The van der Waals surface area contributed by atoms with E-state index in [0.29, 0.717) is 104 Å². The maximum absolute atomic E-state index is 13.1. The zero-order chi connectivity index (χ0) is 53.9. The second kappa shape index (κ2) is 33.0. The molecule has 6 amide bonds. The van der Waals surface area contributed by atoms with Crippen molar-refractivity contribution < 1.29 is 77.8 Å². The van der Waals surface area contributed by atoms with E-state index in [1.165, 1.54) is 4.90 Å². The number of aliphatic hydroxyl groups is 1. The second-order valence-corrected chi connectivity index (χ2v) is 21.1. The van der Waals surface area contributed by atoms with Crippen molar-refractivity contribution in [3.05, 3.63) is 0 Å². The molecule has 22 nitrogen and oxygen atoms in total. The Labute approximate surface area is 424 Å². The first-order valence-electron chi connectivity index (χ1n) is 25.7. The molecule has 1 saturated heterocycles. The summed E-state index contributed by atoms with van der Waals surface area (Å²) in [6, 6.07) is -2.56. The minimum absolute atomic E-state index is 0.0555. The highest BCUT2D eigenvalue weighted by Crippen LogP contribution is 2.36. The van der Waals surface area contributed by atoms with Gasteiger partial charge in [-0.05, 0) is 86.9 Å². The van der Waals surface area contributed by atoms with E-state index in [1.54, 1.807) is 0 Å². The van der Waals surface area contributed by atoms with Crippen LogP contribution in [0.25, 0.3) is 0 Å². The first-order valence-corrected chi connectivity index (χ1v) is 25.7. The SMILES string of the molecule is CC(C)C1CC(O)N(CCC(=O)NCCCOCCOCCOCCCNC(=O)C(CCC(=O)O)NC(=O)CCC(NC(=O)C2CCC(CNC(=O)CC(C)(C)CCC(C)(C)CC(=O)O)CC2)C(=O)O)C1=O. The highest BCUT2D eigenvalue weighted by atomic mass is 16.5. The zero-order valence-electron chi connectivity index (χ0n) is 43.6. The van der Waals surface area contributed by atoms with Crippen LogP contribution in [-0.2, 0) is 57.4 Å². The number of hydrogen-bond acceptors (Lipinski definition) is 13. The minimum Gasteiger partial charge on any atom is -0.481 e. The van der Waals surface area contributed by atoms with Crippen LogP contribution in [0, 0.1) is 34.5 Å². The molecule has 4 atom stereocenters. The number of hydrogen-bond donors (Lipinski definition) is 9. The highest BCUT2D eigenvalue weighted by Gasteiger charge is 2.40. The lowest BCUT2D eigenvalue weighted by Gasteiger charge is -2.31. The van der Waals surface area contributed by atoms with E-state index in [0.717, 1.165) is 0 Å². The van der Waals surface area contributed by atoms with Crippen molar-refractivity contribution in [3.8, 4) is 0 Å². The molecule has 1 aliphatic heterocycles. The van der Waals surface area contributed by atoms with Gasteiger partial charge in [-0.2, -0.15) is 0 Å². The average molecular weight is 1030 g/mol. The molecule has 0 aromatic carbocycles. The topological polar surface area (TPSA) is 326 Å². The molecule has 0 spiro atoms. The lowest BCUT2D eigenvalue weighted by atomic mass is 9.76. The summed E-state index contributed by atoms with van der Waals surface area (Å²) < 4.78 is 16.5. The van der Waals surface area contributed by atoms with Gasteiger partial charge in [0.2, 0.25) is 35.4 Å². The number of carboxylic acids is 3. The molecule has 4 unspecified atom stereocenters. The lowest BCUT2D eigenvalue weighted by molar-refractivity contribution is -0.143. The van der Waals surface area contributed by atoms with Gasteiger partial charge in [0.1, 0.15) is 18.3 Å². The summed E-state index contributed by atoms with van der Waals surface area (Å²) in [5.41, 5.74) is -0.695. The summed E-state index contributed by atoms with van der Waals surface area (Å²) in [6.07, 6.45) is 3.43. The third-order valence-corrected chi connectivity index (χ3v) is 13.2. The van der Waals surface area contributed by atoms with Gasteiger partial charge in [-0.1, -0.05) is 41.5 Å². The Kier molecular flexibility index (Phi) is 29.0. The number of nitrogens with zero attached hydrogens (tertiary/aromatic N) is 1. The number of ether oxygens (including phenoxy) is 3. The van der Waals surface area contributed by atoms with Crippen LogP contribution in [0.5, 0.6) is 0 Å². The average Bonchev–Trinajstić information content (AvgIpc) is 3.59. The Balaban J connectivity index is 1.58. The van der Waals surface area contributed by atoms with E-state index >= 15 is 0 Å². The van der Waals surface area contributed by atoms with E-state index < -0.39 is 66.3 Å². The lowest BCUT2D eigenvalue weighted by Crippen LogP contribution is -2.48. The van der Waals surface area contributed by atoms with Crippen molar-refractivity contribution in [2.24, 2.45) is 34.5 Å². The fraction of sp³-hybridized carbons (Fsp3) is 0.820. The first kappa shape index (κ1) is 63.2. The van der Waals surface area contributed by atoms with E-state index in [9.17, 15) is 58.5 Å². The van der Waals surface area contributed by atoms with Gasteiger partial charge >= 0.3 is 17.9 Å². The summed E-state index contributed by atoms with van der Waals surface area (Å²) in [5.74, 6) is -5.88. The Hall–Kier alpha value is -4.93. The molecule has 0 aromatic heterocycles. The van der Waals surface area contributed by atoms with Crippen LogP contribution in [0.2, 0.25) is 0 Å². The molecule has 9 N–H and O–H groups in total. The summed E-state index contributed by atoms with van der Waals surface area (Å²) in [7, 11) is 0. The van der Waals surface area contributed by atoms with Gasteiger partial charge in [0.05, 0.1) is 32.8 Å². The molecule has 0 bridgehead atoms. The maximum atomic E-state index is 13.1. The van der Waals surface area contributed by atoms with Crippen LogP contribution >= 0.6 is 0 Å². The summed E-state index contributed by atoms with van der Waals surface area (Å²) in [5, 5.41) is 51.9. The summed E-state index contributed by atoms with van der Waals surface area (Å²) in [4.78, 5) is 112. The molecule has 1 heterocycles. The third kappa shape index (κ3) is 26.7. The molecule has 0 radical (unpaired) electrons. The number of carbonyl (C=O) groups excluding carboxylic acids is 6. The van der Waals surface area contributed by atoms with E-state index in [4.69, 9.17) is 19.3 Å². The Morgan fingerprint density at radius 2 is 1.21 bits per heavy atom. The van der Waals surface area contributed by atoms with Gasteiger partial charge in [-0.25, -0.2) is 4.79 Å². The van der Waals surface area contributed by atoms with Crippen LogP contribution in [0.4, 0.5) is 0 Å². The Morgan fingerprint density at radius 1 is 0.653 bits per heavy atom. The molecule has 2 fully saturated rings. The van der Waals surface area contributed by atoms with Gasteiger partial charge in [0, 0.05) is 83.3 Å². The van der Waals surface area contributed by atoms with Gasteiger partial charge < -0.3 is 66.1 Å². The zero-order valence-corrected chi connectivity index (χ0v) is 43.6. The fourth-order valence-corrected chi connectivity index (χ4v) is 8.67. The number of rotatable bonds is 38. The van der Waals surface area contributed by atoms with Gasteiger partial charge in [0.25, 0.3) is 0 Å². The number of aliphatic carboxylic acids is 3. The smallest absolute Gasteiger partial charge is 0.326 e. The monoisotopic (exact) mass is 1030 g/mol. The molecule has 72 heavy (non-hydrogen) atoms. The standard InChI is InChI=1S/C50H86N6O16/c1-33(2)36-29-42(60)56(47(36)67)22-17-39(57)51-20-7-23-70-25-27-72-28-26-71-24-8-21-52-46(66)37(14-16-43(61)62)54-40(58)15-13-38(48(68)69)55-45(65)35-11-9-34(10-12-35)32-53-41(59)30-49(3,4)18-19-50(5,6)31-44(63)64/h33-38,42,60H,7-32H2,1-6H3,(H,51,57)(H,52,66)(H,53,59)(H,54,58)(H,55,65)(H,61,62)(H,63,64)(H,68,69). The van der Waals surface area contributed by atoms with Crippen LogP contribution in [0.3, 0.4) is 0 Å². The molecule has 2 aliphatic rings. The Morgan fingerprint density at radius 3 is 1.75 bits per heavy atom. The van der Waals surface area contributed by atoms with Gasteiger partial charge in [-0.3, -0.25) is 38.4 Å². The van der Waals surface area contributed by atoms with Crippen molar-refractivity contribution in [2.75, 3.05) is 65.8 Å². The number of likely N-dealkylation sites (tertiary alicyclic amines) is 1. The molecular formula is C50H86N6O16. The second-order valence-electron chi connectivity index (χ2n) is 21.1. The number of aliphatic hydroxyl groups excluding tert-OH is 1.